The molecule has 2 rings (SSSR count). The highest BCUT2D eigenvalue weighted by molar-refractivity contribution is 5.28. The van der Waals surface area contributed by atoms with E-state index in [2.05, 4.69) is 14.8 Å². The van der Waals surface area contributed by atoms with E-state index < -0.39 is 0 Å². The van der Waals surface area contributed by atoms with E-state index in [-0.39, 0.29) is 0 Å². The molecule has 0 spiro atoms. The molecule has 1 aromatic heterocycles. The molecule has 0 saturated heterocycles. The molecular weight excluding hydrogens is 256 g/mol. The molecule has 0 aliphatic carbocycles. The highest BCUT2D eigenvalue weighted by atomic mass is 16.6. The maximum atomic E-state index is 5.66. The summed E-state index contributed by atoms with van der Waals surface area (Å²) < 4.78 is 5.66. The van der Waals surface area contributed by atoms with E-state index in [4.69, 9.17) is 10.6 Å². The first-order valence-corrected chi connectivity index (χ1v) is 6.31. The van der Waals surface area contributed by atoms with Crippen molar-refractivity contribution in [1.29, 1.82) is 0 Å². The number of hydrogen-bond donors (Lipinski definition) is 1. The zero-order valence-electron chi connectivity index (χ0n) is 11.4. The lowest BCUT2D eigenvalue weighted by molar-refractivity contribution is 0.124. The van der Waals surface area contributed by atoms with Gasteiger partial charge in [-0.2, -0.15) is 0 Å². The van der Waals surface area contributed by atoms with Crippen LogP contribution in [0.1, 0.15) is 5.56 Å². The Labute approximate surface area is 118 Å². The average Bonchev–Trinajstić information content (AvgIpc) is 2.50. The molecule has 20 heavy (non-hydrogen) atoms. The molecule has 1 heterocycles. The first-order chi connectivity index (χ1) is 9.79. The summed E-state index contributed by atoms with van der Waals surface area (Å²) in [6, 6.07) is 9.43. The van der Waals surface area contributed by atoms with E-state index in [1.54, 1.807) is 18.5 Å². The van der Waals surface area contributed by atoms with Gasteiger partial charge in [0, 0.05) is 19.4 Å². The third kappa shape index (κ3) is 4.18. The molecule has 106 valence electrons. The fourth-order valence-corrected chi connectivity index (χ4v) is 1.67. The molecule has 0 amide bonds. The molecule has 0 atom stereocenters. The minimum atomic E-state index is 0.397. The van der Waals surface area contributed by atoms with Crippen molar-refractivity contribution in [3.8, 4) is 5.75 Å². The molecule has 6 nitrogen and oxygen atoms in total. The van der Waals surface area contributed by atoms with E-state index in [0.717, 1.165) is 11.3 Å². The van der Waals surface area contributed by atoms with Crippen LogP contribution >= 0.6 is 0 Å². The summed E-state index contributed by atoms with van der Waals surface area (Å²) >= 11 is 0. The number of aromatic nitrogens is 2. The lowest BCUT2D eigenvalue weighted by atomic mass is 10.2. The van der Waals surface area contributed by atoms with E-state index in [1.807, 2.05) is 36.2 Å². The summed E-state index contributed by atoms with van der Waals surface area (Å²) in [6.07, 6.45) is 3.44. The van der Waals surface area contributed by atoms with Crippen LogP contribution in [0.4, 0.5) is 5.95 Å². The number of nitrogens with two attached hydrogens (primary N) is 1. The molecule has 0 radical (unpaired) electrons. The first-order valence-electron chi connectivity index (χ1n) is 6.31. The van der Waals surface area contributed by atoms with Gasteiger partial charge in [-0.1, -0.05) is 12.1 Å². The van der Waals surface area contributed by atoms with E-state index in [1.165, 1.54) is 0 Å². The number of likely N-dealkylation sites (N-methyl/N-ethyl adjacent to an activating group) is 1. The van der Waals surface area contributed by atoms with E-state index in [0.29, 0.717) is 25.7 Å². The van der Waals surface area contributed by atoms with E-state index >= 15 is 0 Å². The molecule has 0 fully saturated rings. The summed E-state index contributed by atoms with van der Waals surface area (Å²) in [6.45, 7) is 1.66. The Balaban J connectivity index is 1.78. The summed E-state index contributed by atoms with van der Waals surface area (Å²) in [5.41, 5.74) is 1.01. The van der Waals surface area contributed by atoms with Crippen molar-refractivity contribution in [2.24, 2.45) is 5.90 Å². The molecule has 0 unspecified atom stereocenters. The molecule has 0 saturated carbocycles. The molecule has 2 aromatic rings. The number of ether oxygens (including phenoxy) is 1. The van der Waals surface area contributed by atoms with Crippen molar-refractivity contribution in [1.82, 2.24) is 9.97 Å². The van der Waals surface area contributed by atoms with E-state index in [9.17, 15) is 0 Å². The maximum absolute atomic E-state index is 5.66. The van der Waals surface area contributed by atoms with Crippen molar-refractivity contribution in [3.05, 3.63) is 48.3 Å². The Hall–Kier alpha value is -2.18. The van der Waals surface area contributed by atoms with Gasteiger partial charge in [-0.3, -0.25) is 4.84 Å². The highest BCUT2D eigenvalue weighted by Crippen LogP contribution is 2.12. The fourth-order valence-electron chi connectivity index (χ4n) is 1.67. The summed E-state index contributed by atoms with van der Waals surface area (Å²) in [5.74, 6) is 6.52. The largest absolute Gasteiger partial charge is 0.492 e. The number of benzene rings is 1. The van der Waals surface area contributed by atoms with Crippen LogP contribution < -0.4 is 15.5 Å². The quantitative estimate of drug-likeness (QED) is 0.769. The summed E-state index contributed by atoms with van der Waals surface area (Å²) in [4.78, 5) is 14.8. The van der Waals surface area contributed by atoms with Crippen molar-refractivity contribution in [2.45, 2.75) is 6.61 Å². The van der Waals surface area contributed by atoms with Gasteiger partial charge in [0.05, 0.1) is 13.2 Å². The third-order valence-corrected chi connectivity index (χ3v) is 2.76. The van der Waals surface area contributed by atoms with Gasteiger partial charge >= 0.3 is 0 Å². The predicted molar refractivity (Wildman–Crippen MR) is 76.2 cm³/mol. The number of anilines is 1. The molecule has 0 aliphatic heterocycles. The number of nitrogens with zero attached hydrogens (tertiary/aromatic N) is 3. The number of hydrogen-bond acceptors (Lipinski definition) is 6. The summed E-state index contributed by atoms with van der Waals surface area (Å²) in [5, 5.41) is 0. The van der Waals surface area contributed by atoms with Crippen molar-refractivity contribution in [3.63, 3.8) is 0 Å². The Kier molecular flexibility index (Phi) is 5.28. The van der Waals surface area contributed by atoms with Crippen LogP contribution in [0, 0.1) is 0 Å². The van der Waals surface area contributed by atoms with Gasteiger partial charge in [-0.25, -0.2) is 15.9 Å². The monoisotopic (exact) mass is 274 g/mol. The van der Waals surface area contributed by atoms with Crippen molar-refractivity contribution >= 4 is 5.95 Å². The van der Waals surface area contributed by atoms with Gasteiger partial charge in [-0.05, 0) is 23.8 Å². The lowest BCUT2D eigenvalue weighted by Crippen LogP contribution is -2.25. The Bertz CT molecular complexity index is 504. The Morgan fingerprint density at radius 1 is 1.15 bits per heavy atom. The zero-order valence-corrected chi connectivity index (χ0v) is 11.4. The van der Waals surface area contributed by atoms with Crippen molar-refractivity contribution in [2.75, 3.05) is 25.1 Å². The second kappa shape index (κ2) is 7.42. The minimum Gasteiger partial charge on any atom is -0.492 e. The average molecular weight is 274 g/mol. The second-order valence-electron chi connectivity index (χ2n) is 4.27. The summed E-state index contributed by atoms with van der Waals surface area (Å²) in [7, 11) is 1.93. The lowest BCUT2D eigenvalue weighted by Gasteiger charge is -2.16. The van der Waals surface area contributed by atoms with Crippen LogP contribution in [0.3, 0.4) is 0 Å². The highest BCUT2D eigenvalue weighted by Gasteiger charge is 2.03. The molecule has 1 aromatic carbocycles. The van der Waals surface area contributed by atoms with Gasteiger partial charge < -0.3 is 9.64 Å². The SMILES string of the molecule is CN(CCOc1ccc(CON)cc1)c1ncccn1. The molecule has 6 heteroatoms. The number of rotatable bonds is 7. The third-order valence-electron chi connectivity index (χ3n) is 2.76. The topological polar surface area (TPSA) is 73.5 Å². The fraction of sp³-hybridized carbons (Fsp3) is 0.286. The van der Waals surface area contributed by atoms with Gasteiger partial charge in [-0.15, -0.1) is 0 Å². The second-order valence-corrected chi connectivity index (χ2v) is 4.27. The molecule has 2 N–H and O–H groups in total. The van der Waals surface area contributed by atoms with Gasteiger partial charge in [0.2, 0.25) is 5.95 Å². The Morgan fingerprint density at radius 2 is 1.85 bits per heavy atom. The molecule has 0 bridgehead atoms. The van der Waals surface area contributed by atoms with Gasteiger partial charge in [0.15, 0.2) is 0 Å². The van der Waals surface area contributed by atoms with Crippen LogP contribution in [0.5, 0.6) is 5.75 Å². The van der Waals surface area contributed by atoms with Crippen molar-refractivity contribution < 1.29 is 9.57 Å². The first kappa shape index (κ1) is 14.2. The van der Waals surface area contributed by atoms with Crippen LogP contribution in [0.2, 0.25) is 0 Å². The van der Waals surface area contributed by atoms with Crippen LogP contribution in [0.15, 0.2) is 42.7 Å². The molecular formula is C14H18N4O2. The smallest absolute Gasteiger partial charge is 0.225 e. The maximum Gasteiger partial charge on any atom is 0.225 e. The van der Waals surface area contributed by atoms with Crippen LogP contribution in [-0.2, 0) is 11.4 Å². The van der Waals surface area contributed by atoms with Crippen LogP contribution in [-0.4, -0.2) is 30.2 Å². The predicted octanol–water partition coefficient (Wildman–Crippen LogP) is 1.38. The zero-order chi connectivity index (χ0) is 14.2. The standard InChI is InChI=1S/C14H18N4O2/c1-18(14-16-7-2-8-17-14)9-10-19-13-5-3-12(4-6-13)11-20-15/h2-8H,9-11,15H2,1H3. The van der Waals surface area contributed by atoms with Crippen LogP contribution in [0.25, 0.3) is 0 Å². The normalized spacial score (nSPS) is 10.3. The van der Waals surface area contributed by atoms with Gasteiger partial charge in [0.25, 0.3) is 0 Å². The molecule has 0 aliphatic rings. The minimum absolute atomic E-state index is 0.397. The van der Waals surface area contributed by atoms with Gasteiger partial charge in [0.1, 0.15) is 12.4 Å². The Morgan fingerprint density at radius 3 is 2.50 bits per heavy atom.